The zero-order chi connectivity index (χ0) is 16.5. The van der Waals surface area contributed by atoms with Crippen molar-refractivity contribution in [1.29, 1.82) is 0 Å². The van der Waals surface area contributed by atoms with Gasteiger partial charge in [-0.1, -0.05) is 23.9 Å². The fourth-order valence-corrected chi connectivity index (χ4v) is 3.47. The van der Waals surface area contributed by atoms with Crippen molar-refractivity contribution in [2.24, 2.45) is 0 Å². The molecule has 0 atom stereocenters. The third kappa shape index (κ3) is 3.42. The summed E-state index contributed by atoms with van der Waals surface area (Å²) in [7, 11) is -3.88. The van der Waals surface area contributed by atoms with Gasteiger partial charge < -0.3 is 0 Å². The van der Waals surface area contributed by atoms with Gasteiger partial charge >= 0.3 is 0 Å². The Morgan fingerprint density at radius 2 is 1.73 bits per heavy atom. The number of nitro groups is 1. The van der Waals surface area contributed by atoms with Crippen LogP contribution in [0.25, 0.3) is 0 Å². The zero-order valence-electron chi connectivity index (χ0n) is 11.1. The molecule has 116 valence electrons. The first-order valence-electron chi connectivity index (χ1n) is 5.80. The van der Waals surface area contributed by atoms with Crippen LogP contribution in [0.4, 0.5) is 14.5 Å². The molecule has 0 bridgehead atoms. The number of nitrogens with zero attached hydrogens (tertiary/aromatic N) is 1. The van der Waals surface area contributed by atoms with Crippen LogP contribution in [0, 0.1) is 21.7 Å². The fourth-order valence-electron chi connectivity index (χ4n) is 1.69. The summed E-state index contributed by atoms with van der Waals surface area (Å²) in [4.78, 5) is 9.54. The predicted molar refractivity (Wildman–Crippen MR) is 76.7 cm³/mol. The van der Waals surface area contributed by atoms with Gasteiger partial charge in [0.15, 0.2) is 9.84 Å². The van der Waals surface area contributed by atoms with Crippen molar-refractivity contribution in [2.45, 2.75) is 14.7 Å². The summed E-state index contributed by atoms with van der Waals surface area (Å²) < 4.78 is 50.3. The van der Waals surface area contributed by atoms with Gasteiger partial charge in [-0.05, 0) is 12.1 Å². The monoisotopic (exact) mass is 345 g/mol. The van der Waals surface area contributed by atoms with Gasteiger partial charge in [-0.15, -0.1) is 0 Å². The normalized spacial score (nSPS) is 11.4. The highest BCUT2D eigenvalue weighted by atomic mass is 32.2. The number of hydrogen-bond acceptors (Lipinski definition) is 5. The molecule has 9 heteroatoms. The van der Waals surface area contributed by atoms with Crippen LogP contribution in [-0.2, 0) is 9.84 Å². The topological polar surface area (TPSA) is 77.3 Å². The van der Waals surface area contributed by atoms with Crippen LogP contribution < -0.4 is 0 Å². The van der Waals surface area contributed by atoms with E-state index in [1.54, 1.807) is 0 Å². The van der Waals surface area contributed by atoms with E-state index in [9.17, 15) is 27.3 Å². The minimum absolute atomic E-state index is 0.123. The van der Waals surface area contributed by atoms with Gasteiger partial charge in [0.25, 0.3) is 5.69 Å². The van der Waals surface area contributed by atoms with E-state index in [2.05, 4.69) is 0 Å². The molecule has 0 spiro atoms. The van der Waals surface area contributed by atoms with Gasteiger partial charge in [-0.25, -0.2) is 17.2 Å². The molecule has 0 amide bonds. The lowest BCUT2D eigenvalue weighted by Gasteiger charge is -2.07. The van der Waals surface area contributed by atoms with E-state index < -0.39 is 31.3 Å². The van der Waals surface area contributed by atoms with E-state index in [1.165, 1.54) is 24.3 Å². The number of halogens is 2. The van der Waals surface area contributed by atoms with Crippen LogP contribution >= 0.6 is 11.8 Å². The van der Waals surface area contributed by atoms with Gasteiger partial charge in [0, 0.05) is 23.3 Å². The average molecular weight is 345 g/mol. The Hall–Kier alpha value is -2.00. The number of benzene rings is 2. The van der Waals surface area contributed by atoms with Crippen molar-refractivity contribution in [3.63, 3.8) is 0 Å². The summed E-state index contributed by atoms with van der Waals surface area (Å²) in [6, 6.07) is 6.89. The summed E-state index contributed by atoms with van der Waals surface area (Å²) in [5.74, 6) is -2.19. The van der Waals surface area contributed by atoms with Crippen molar-refractivity contribution >= 4 is 27.3 Å². The van der Waals surface area contributed by atoms with Crippen LogP contribution in [0.3, 0.4) is 0 Å². The fraction of sp³-hybridized carbons (Fsp3) is 0.0769. The molecular formula is C13H9F2NO4S2. The third-order valence-electron chi connectivity index (χ3n) is 2.67. The Kier molecular flexibility index (Phi) is 4.47. The van der Waals surface area contributed by atoms with Gasteiger partial charge in [0.1, 0.15) is 16.5 Å². The molecule has 2 aromatic carbocycles. The Balaban J connectivity index is 2.54. The number of nitro benzene ring substituents is 1. The molecule has 5 nitrogen and oxygen atoms in total. The van der Waals surface area contributed by atoms with Crippen molar-refractivity contribution in [3.8, 4) is 0 Å². The Morgan fingerprint density at radius 3 is 2.32 bits per heavy atom. The third-order valence-corrected chi connectivity index (χ3v) is 4.88. The van der Waals surface area contributed by atoms with Gasteiger partial charge in [-0.2, -0.15) is 0 Å². The van der Waals surface area contributed by atoms with E-state index in [1.807, 2.05) is 0 Å². The van der Waals surface area contributed by atoms with E-state index >= 15 is 0 Å². The maximum Gasteiger partial charge on any atom is 0.283 e. The van der Waals surface area contributed by atoms with Crippen molar-refractivity contribution in [2.75, 3.05) is 6.26 Å². The smallest absolute Gasteiger partial charge is 0.258 e. The molecule has 0 aliphatic heterocycles. The number of sulfone groups is 1. The van der Waals surface area contributed by atoms with E-state index in [4.69, 9.17) is 0 Å². The molecule has 0 N–H and O–H groups in total. The lowest BCUT2D eigenvalue weighted by molar-refractivity contribution is -0.387. The minimum atomic E-state index is -3.88. The second kappa shape index (κ2) is 6.01. The number of para-hydroxylation sites is 1. The maximum atomic E-state index is 13.8. The van der Waals surface area contributed by atoms with Crippen LogP contribution in [0.15, 0.2) is 51.1 Å². The molecule has 0 radical (unpaired) electrons. The lowest BCUT2D eigenvalue weighted by Crippen LogP contribution is -2.02. The van der Waals surface area contributed by atoms with Crippen LogP contribution in [0.2, 0.25) is 0 Å². The summed E-state index contributed by atoms with van der Waals surface area (Å²) >= 11 is 0.660. The number of rotatable bonds is 4. The van der Waals surface area contributed by atoms with Crippen LogP contribution in [0.1, 0.15) is 0 Å². The quantitative estimate of drug-likeness (QED) is 0.482. The maximum absolute atomic E-state index is 13.8. The predicted octanol–water partition coefficient (Wildman–Crippen LogP) is 3.43. The summed E-state index contributed by atoms with van der Waals surface area (Å²) in [6.45, 7) is 0. The SMILES string of the molecule is CS(=O)(=O)c1cc(Sc2ccccc2[N+](=O)[O-])c(F)cc1F. The van der Waals surface area contributed by atoms with Crippen LogP contribution in [-0.4, -0.2) is 19.6 Å². The first-order chi connectivity index (χ1) is 10.2. The molecular weight excluding hydrogens is 336 g/mol. The molecule has 0 heterocycles. The highest BCUT2D eigenvalue weighted by molar-refractivity contribution is 7.99. The van der Waals surface area contributed by atoms with E-state index in [-0.39, 0.29) is 15.5 Å². The highest BCUT2D eigenvalue weighted by Crippen LogP contribution is 2.37. The zero-order valence-corrected chi connectivity index (χ0v) is 12.7. The summed E-state index contributed by atoms with van der Waals surface area (Å²) in [5.41, 5.74) is -0.253. The molecule has 0 saturated carbocycles. The molecule has 0 aliphatic rings. The largest absolute Gasteiger partial charge is 0.283 e. The Bertz CT molecular complexity index is 853. The summed E-state index contributed by atoms with van der Waals surface area (Å²) in [6.07, 6.45) is 0.794. The standard InChI is InChI=1S/C13H9F2NO4S2/c1-22(19,20)13-7-12(8(14)6-9(13)15)21-11-5-3-2-4-10(11)16(17)18/h2-7H,1H3. The second-order valence-electron chi connectivity index (χ2n) is 4.31. The van der Waals surface area contributed by atoms with Gasteiger partial charge in [0.05, 0.1) is 9.82 Å². The Morgan fingerprint density at radius 1 is 1.09 bits per heavy atom. The molecule has 0 unspecified atom stereocenters. The van der Waals surface area contributed by atoms with E-state index in [0.717, 1.165) is 12.3 Å². The van der Waals surface area contributed by atoms with E-state index in [0.29, 0.717) is 17.8 Å². The van der Waals surface area contributed by atoms with Gasteiger partial charge in [0.2, 0.25) is 0 Å². The molecule has 0 fully saturated rings. The molecule has 22 heavy (non-hydrogen) atoms. The molecule has 0 aromatic heterocycles. The lowest BCUT2D eigenvalue weighted by atomic mass is 10.3. The van der Waals surface area contributed by atoms with Crippen LogP contribution in [0.5, 0.6) is 0 Å². The molecule has 0 saturated heterocycles. The molecule has 0 aliphatic carbocycles. The first-order valence-corrected chi connectivity index (χ1v) is 8.51. The molecule has 2 rings (SSSR count). The highest BCUT2D eigenvalue weighted by Gasteiger charge is 2.20. The van der Waals surface area contributed by atoms with Crippen molar-refractivity contribution in [3.05, 3.63) is 58.1 Å². The molecule has 2 aromatic rings. The van der Waals surface area contributed by atoms with Crippen molar-refractivity contribution in [1.82, 2.24) is 0 Å². The number of hydrogen-bond donors (Lipinski definition) is 0. The Labute approximate surface area is 129 Å². The minimum Gasteiger partial charge on any atom is -0.258 e. The van der Waals surface area contributed by atoms with Gasteiger partial charge in [-0.3, -0.25) is 10.1 Å². The first kappa shape index (κ1) is 16.4. The van der Waals surface area contributed by atoms with Crippen molar-refractivity contribution < 1.29 is 22.1 Å². The average Bonchev–Trinajstić information content (AvgIpc) is 2.40. The summed E-state index contributed by atoms with van der Waals surface area (Å²) in [5, 5.41) is 10.9. The second-order valence-corrected chi connectivity index (χ2v) is 7.38.